The molecule has 1 rings (SSSR count). The molecule has 26 heavy (non-hydrogen) atoms. The van der Waals surface area contributed by atoms with Crippen LogP contribution in [0.1, 0.15) is 38.4 Å². The quantitative estimate of drug-likeness (QED) is 0.611. The van der Waals surface area contributed by atoms with Gasteiger partial charge in [0, 0.05) is 30.1 Å². The van der Waals surface area contributed by atoms with Gasteiger partial charge in [-0.3, -0.25) is 5.32 Å². The number of nitrogens with one attached hydrogen (secondary N) is 2. The molecule has 0 aliphatic heterocycles. The smallest absolute Gasteiger partial charge is 0.317 e. The molecular formula is C20H29N5O. The van der Waals surface area contributed by atoms with Gasteiger partial charge in [-0.25, -0.2) is 9.48 Å². The van der Waals surface area contributed by atoms with E-state index in [1.807, 2.05) is 70.5 Å². The maximum absolute atomic E-state index is 11.5. The highest BCUT2D eigenvalue weighted by molar-refractivity contribution is 5.90. The van der Waals surface area contributed by atoms with Gasteiger partial charge in [0.15, 0.2) is 0 Å². The number of hydrogen-bond donors (Lipinski definition) is 3. The molecule has 0 aliphatic carbocycles. The van der Waals surface area contributed by atoms with Gasteiger partial charge in [0.1, 0.15) is 5.82 Å². The van der Waals surface area contributed by atoms with Crippen molar-refractivity contribution in [2.45, 2.75) is 34.1 Å². The van der Waals surface area contributed by atoms with Gasteiger partial charge in [-0.05, 0) is 33.3 Å². The second kappa shape index (κ2) is 10.8. The van der Waals surface area contributed by atoms with Crippen LogP contribution >= 0.6 is 0 Å². The van der Waals surface area contributed by atoms with Crippen molar-refractivity contribution < 1.29 is 4.79 Å². The molecule has 0 fully saturated rings. The molecule has 0 unspecified atom stereocenters. The predicted octanol–water partition coefficient (Wildman–Crippen LogP) is 4.20. The lowest BCUT2D eigenvalue weighted by molar-refractivity contribution is 0.259. The van der Waals surface area contributed by atoms with E-state index in [4.69, 9.17) is 10.8 Å². The maximum Gasteiger partial charge on any atom is 0.317 e. The topological polar surface area (TPSA) is 85.0 Å². The molecule has 0 aromatic carbocycles. The van der Waals surface area contributed by atoms with Crippen LogP contribution in [0.3, 0.4) is 0 Å². The van der Waals surface area contributed by atoms with Crippen LogP contribution in [0.4, 0.5) is 10.6 Å². The van der Waals surface area contributed by atoms with Gasteiger partial charge in [-0.2, -0.15) is 5.10 Å². The zero-order valence-corrected chi connectivity index (χ0v) is 16.2. The van der Waals surface area contributed by atoms with Gasteiger partial charge >= 0.3 is 6.03 Å². The van der Waals surface area contributed by atoms with Crippen molar-refractivity contribution in [1.82, 2.24) is 15.1 Å². The number of aromatic nitrogens is 2. The third-order valence-electron chi connectivity index (χ3n) is 3.56. The second-order valence-electron chi connectivity index (χ2n) is 5.64. The third-order valence-corrected chi connectivity index (χ3v) is 3.56. The Morgan fingerprint density at radius 3 is 2.62 bits per heavy atom. The van der Waals surface area contributed by atoms with E-state index in [0.29, 0.717) is 5.82 Å². The minimum absolute atomic E-state index is 0.563. The first-order valence-electron chi connectivity index (χ1n) is 8.63. The van der Waals surface area contributed by atoms with E-state index in [0.717, 1.165) is 28.9 Å². The van der Waals surface area contributed by atoms with Crippen molar-refractivity contribution in [2.24, 2.45) is 5.73 Å². The number of hydrogen-bond acceptors (Lipinski definition) is 3. The first-order valence-corrected chi connectivity index (χ1v) is 8.63. The SMILES string of the molecule is C\C=C/C=C\C=C(/C)n1nc(C(/C=C/CC)=C/NC)c(C)c1NC(N)=O. The van der Waals surface area contributed by atoms with E-state index >= 15 is 0 Å². The Morgan fingerprint density at radius 1 is 1.31 bits per heavy atom. The Balaban J connectivity index is 3.47. The molecule has 0 saturated heterocycles. The molecule has 4 N–H and O–H groups in total. The average Bonchev–Trinajstić information content (AvgIpc) is 2.91. The zero-order chi connectivity index (χ0) is 19.5. The van der Waals surface area contributed by atoms with Crippen LogP contribution in [0.2, 0.25) is 0 Å². The van der Waals surface area contributed by atoms with Crippen molar-refractivity contribution in [3.05, 3.63) is 60.0 Å². The Labute approximate surface area is 155 Å². The van der Waals surface area contributed by atoms with Crippen molar-refractivity contribution >= 4 is 23.1 Å². The first kappa shape index (κ1) is 21.0. The van der Waals surface area contributed by atoms with E-state index < -0.39 is 6.03 Å². The lowest BCUT2D eigenvalue weighted by Crippen LogP contribution is -2.21. The number of nitrogens with two attached hydrogens (primary N) is 1. The van der Waals surface area contributed by atoms with Crippen molar-refractivity contribution in [2.75, 3.05) is 12.4 Å². The summed E-state index contributed by atoms with van der Waals surface area (Å²) < 4.78 is 1.69. The van der Waals surface area contributed by atoms with Crippen molar-refractivity contribution in [1.29, 1.82) is 0 Å². The van der Waals surface area contributed by atoms with Crippen LogP contribution in [-0.2, 0) is 0 Å². The monoisotopic (exact) mass is 355 g/mol. The fourth-order valence-electron chi connectivity index (χ4n) is 2.33. The van der Waals surface area contributed by atoms with Crippen LogP contribution in [0.25, 0.3) is 11.3 Å². The number of urea groups is 1. The summed E-state index contributed by atoms with van der Waals surface area (Å²) in [4.78, 5) is 11.5. The minimum atomic E-state index is -0.624. The summed E-state index contributed by atoms with van der Waals surface area (Å²) in [6.45, 7) is 7.86. The molecule has 0 aliphatic rings. The highest BCUT2D eigenvalue weighted by Crippen LogP contribution is 2.28. The van der Waals surface area contributed by atoms with Gasteiger partial charge < -0.3 is 11.1 Å². The molecule has 0 atom stereocenters. The molecule has 0 bridgehead atoms. The van der Waals surface area contributed by atoms with E-state index in [2.05, 4.69) is 23.6 Å². The number of nitrogens with zero attached hydrogens (tertiary/aromatic N) is 2. The molecule has 1 aromatic heterocycles. The predicted molar refractivity (Wildman–Crippen MR) is 111 cm³/mol. The highest BCUT2D eigenvalue weighted by Gasteiger charge is 2.18. The number of rotatable bonds is 8. The molecule has 140 valence electrons. The Hall–Kier alpha value is -3.02. The fourth-order valence-corrected chi connectivity index (χ4v) is 2.33. The van der Waals surface area contributed by atoms with Gasteiger partial charge in [-0.15, -0.1) is 0 Å². The number of carbonyl (C=O) groups excluding carboxylic acids is 1. The van der Waals surface area contributed by atoms with Crippen LogP contribution in [-0.4, -0.2) is 22.9 Å². The average molecular weight is 355 g/mol. The normalized spacial score (nSPS) is 13.3. The molecule has 2 amide bonds. The Bertz CT molecular complexity index is 763. The van der Waals surface area contributed by atoms with Gasteiger partial charge in [0.05, 0.1) is 5.69 Å². The number of anilines is 1. The molecule has 6 nitrogen and oxygen atoms in total. The third kappa shape index (κ3) is 5.81. The molecule has 0 saturated carbocycles. The van der Waals surface area contributed by atoms with E-state index in [-0.39, 0.29) is 0 Å². The van der Waals surface area contributed by atoms with E-state index in [1.54, 1.807) is 4.68 Å². The second-order valence-corrected chi connectivity index (χ2v) is 5.64. The number of amides is 2. The molecular weight excluding hydrogens is 326 g/mol. The molecule has 0 radical (unpaired) electrons. The molecule has 1 aromatic rings. The number of allylic oxidation sites excluding steroid dienone is 9. The van der Waals surface area contributed by atoms with Crippen LogP contribution in [0.15, 0.2) is 48.7 Å². The molecule has 1 heterocycles. The lowest BCUT2D eigenvalue weighted by Gasteiger charge is -2.07. The van der Waals surface area contributed by atoms with Gasteiger partial charge in [0.2, 0.25) is 0 Å². The van der Waals surface area contributed by atoms with Crippen LogP contribution in [0, 0.1) is 6.92 Å². The highest BCUT2D eigenvalue weighted by atomic mass is 16.2. The summed E-state index contributed by atoms with van der Waals surface area (Å²) in [5.41, 5.74) is 8.75. The van der Waals surface area contributed by atoms with E-state index in [9.17, 15) is 4.79 Å². The van der Waals surface area contributed by atoms with Gasteiger partial charge in [0.25, 0.3) is 0 Å². The summed E-state index contributed by atoms with van der Waals surface area (Å²) in [5.74, 6) is 0.563. The van der Waals surface area contributed by atoms with Gasteiger partial charge in [-0.1, -0.05) is 43.4 Å². The van der Waals surface area contributed by atoms with Crippen LogP contribution < -0.4 is 16.4 Å². The summed E-state index contributed by atoms with van der Waals surface area (Å²) in [7, 11) is 1.84. The van der Waals surface area contributed by atoms with Crippen molar-refractivity contribution in [3.8, 4) is 0 Å². The minimum Gasteiger partial charge on any atom is -0.393 e. The lowest BCUT2D eigenvalue weighted by atomic mass is 10.1. The summed E-state index contributed by atoms with van der Waals surface area (Å²) in [6.07, 6.45) is 16.5. The Morgan fingerprint density at radius 2 is 2.04 bits per heavy atom. The maximum atomic E-state index is 11.5. The van der Waals surface area contributed by atoms with Crippen molar-refractivity contribution in [3.63, 3.8) is 0 Å². The summed E-state index contributed by atoms with van der Waals surface area (Å²) in [5, 5.41) is 10.4. The summed E-state index contributed by atoms with van der Waals surface area (Å²) >= 11 is 0. The molecule has 0 spiro atoms. The number of primary amides is 1. The van der Waals surface area contributed by atoms with Crippen LogP contribution in [0.5, 0.6) is 0 Å². The number of carbonyl (C=O) groups is 1. The zero-order valence-electron chi connectivity index (χ0n) is 16.2. The summed E-state index contributed by atoms with van der Waals surface area (Å²) in [6, 6.07) is -0.624. The standard InChI is InChI=1S/C20H29N5O/c1-6-8-10-11-12-15(3)25-19(23-20(21)26)16(4)18(24-25)17(14-22-5)13-9-7-2/h6,8-14,22H,7H2,1-5H3,(H3,21,23,26)/b8-6-,11-10-,13-9+,15-12+,17-14+. The first-order chi connectivity index (χ1) is 12.5. The Kier molecular flexibility index (Phi) is 8.70. The largest absolute Gasteiger partial charge is 0.393 e. The fraction of sp³-hybridized carbons (Fsp3) is 0.300. The molecule has 6 heteroatoms. The van der Waals surface area contributed by atoms with E-state index in [1.165, 1.54) is 0 Å².